The number of phosphoric ester groups is 1. The van der Waals surface area contributed by atoms with Gasteiger partial charge in [0.25, 0.3) is 0 Å². The molecule has 17 nitrogen and oxygen atoms in total. The van der Waals surface area contributed by atoms with Crippen molar-refractivity contribution in [1.29, 1.82) is 0 Å². The van der Waals surface area contributed by atoms with E-state index in [0.29, 0.717) is 39.1 Å². The van der Waals surface area contributed by atoms with Crippen LogP contribution >= 0.6 is 7.82 Å². The van der Waals surface area contributed by atoms with Gasteiger partial charge < -0.3 is 54.3 Å². The maximum absolute atomic E-state index is 14.6. The fraction of sp³-hybridized carbons (Fsp3) is 0.943. The number of carboxylic acid groups (broad SMARTS) is 1. The number of phosphoric acid groups is 1. The Morgan fingerprint density at radius 3 is 1.16 bits per heavy atom. The highest BCUT2D eigenvalue weighted by atomic mass is 31.2. The van der Waals surface area contributed by atoms with E-state index in [1.165, 1.54) is 103 Å². The molecule has 520 valence electrons. The van der Waals surface area contributed by atoms with Crippen LogP contribution in [0.1, 0.15) is 337 Å². The summed E-state index contributed by atoms with van der Waals surface area (Å²) in [5.74, 6) is -4.26. The van der Waals surface area contributed by atoms with Crippen LogP contribution in [0.3, 0.4) is 0 Å². The van der Waals surface area contributed by atoms with Crippen LogP contribution in [0.15, 0.2) is 0 Å². The fourth-order valence-electron chi connectivity index (χ4n) is 12.0. The smallest absolute Gasteiger partial charge is 0.469 e. The van der Waals surface area contributed by atoms with E-state index in [4.69, 9.17) is 28.2 Å². The zero-order valence-corrected chi connectivity index (χ0v) is 57.9. The first-order chi connectivity index (χ1) is 42.7. The summed E-state index contributed by atoms with van der Waals surface area (Å²) in [6.07, 6.45) is 38.0. The van der Waals surface area contributed by atoms with E-state index in [0.717, 1.165) is 148 Å². The van der Waals surface area contributed by atoms with E-state index in [2.05, 4.69) is 52.2 Å². The highest BCUT2D eigenvalue weighted by molar-refractivity contribution is 7.46. The van der Waals surface area contributed by atoms with Crippen LogP contribution in [-0.4, -0.2) is 125 Å². The van der Waals surface area contributed by atoms with Crippen molar-refractivity contribution in [2.75, 3.05) is 33.0 Å². The lowest BCUT2D eigenvalue weighted by molar-refractivity contribution is -0.181. The second kappa shape index (κ2) is 57.5. The van der Waals surface area contributed by atoms with Crippen LogP contribution in [0.5, 0.6) is 0 Å². The van der Waals surface area contributed by atoms with E-state index in [9.17, 15) is 43.7 Å². The fourth-order valence-corrected chi connectivity index (χ4v) is 12.7. The van der Waals surface area contributed by atoms with Gasteiger partial charge >= 0.3 is 19.8 Å². The Hall–Kier alpha value is -2.21. The lowest BCUT2D eigenvalue weighted by atomic mass is 9.79. The monoisotopic (exact) mass is 1270 g/mol. The predicted molar refractivity (Wildman–Crippen MR) is 354 cm³/mol. The van der Waals surface area contributed by atoms with Crippen molar-refractivity contribution in [2.24, 2.45) is 5.92 Å². The number of ether oxygens (including phenoxy) is 5. The zero-order chi connectivity index (χ0) is 64.7. The normalized spacial score (nSPS) is 18.4. The summed E-state index contributed by atoms with van der Waals surface area (Å²) in [5.41, 5.74) is 0. The number of carbonyl (C=O) groups excluding carboxylic acids is 3. The number of nitrogens with one attached hydrogen (secondary N) is 2. The molecule has 0 radical (unpaired) electrons. The maximum Gasteiger partial charge on any atom is 0.469 e. The number of aliphatic hydroxyl groups is 1. The van der Waals surface area contributed by atoms with Crippen LogP contribution in [0, 0.1) is 5.92 Å². The molecule has 88 heavy (non-hydrogen) atoms. The molecular formula is C70H135N2O15P. The minimum absolute atomic E-state index is 0.0494. The molecule has 0 aromatic carbocycles. The van der Waals surface area contributed by atoms with Crippen molar-refractivity contribution in [3.63, 3.8) is 0 Å². The van der Waals surface area contributed by atoms with Gasteiger partial charge in [-0.3, -0.25) is 18.9 Å². The number of amides is 2. The van der Waals surface area contributed by atoms with Crippen molar-refractivity contribution >= 4 is 31.6 Å². The molecule has 0 spiro atoms. The van der Waals surface area contributed by atoms with Crippen molar-refractivity contribution < 1.29 is 72.0 Å². The van der Waals surface area contributed by atoms with Gasteiger partial charge in [-0.15, -0.1) is 0 Å². The standard InChI is InChI=1S/C70H135N2O15P/c1-7-13-19-25-28-31-34-37-40-46-59(82-49-43-22-16-10-4)53-64(74)71-62(70(77)78)57-85-63-52-58(56-73)68(87-88(79,80)81)69(86-66(76)55-61(84-51-45-24-18-12-6)48-42-39-36-33-30-27-21-15-9-3)67(63)72-65(75)54-60(83-50-44-23-17-11-5)47-41-38-35-32-29-26-20-14-8-2/h58-63,67-69,73H,7-57H2,1-6H3,(H,71,74)(H,72,75)(H,77,78)(H2,79,80,81)/t58?,59-,60-,61-,62+,63-,67?,68-,69-/m1/s1. The van der Waals surface area contributed by atoms with Gasteiger partial charge in [-0.05, 0) is 44.9 Å². The molecule has 18 heteroatoms. The van der Waals surface area contributed by atoms with Crippen LogP contribution in [-0.2, 0) is 52.0 Å². The van der Waals surface area contributed by atoms with Gasteiger partial charge in [0.2, 0.25) is 11.8 Å². The number of esters is 1. The number of carboxylic acids is 1. The van der Waals surface area contributed by atoms with Gasteiger partial charge in [-0.25, -0.2) is 9.36 Å². The largest absolute Gasteiger partial charge is 0.480 e. The highest BCUT2D eigenvalue weighted by Gasteiger charge is 2.51. The molecule has 0 aromatic heterocycles. The Morgan fingerprint density at radius 1 is 0.466 bits per heavy atom. The Balaban J connectivity index is 3.66. The highest BCUT2D eigenvalue weighted by Crippen LogP contribution is 2.44. The molecule has 0 aromatic rings. The van der Waals surface area contributed by atoms with Gasteiger partial charge in [0.05, 0.1) is 56.3 Å². The first-order valence-electron chi connectivity index (χ1n) is 36.5. The van der Waals surface area contributed by atoms with Crippen LogP contribution in [0.4, 0.5) is 0 Å². The molecule has 9 atom stereocenters. The third-order valence-electron chi connectivity index (χ3n) is 17.4. The first kappa shape index (κ1) is 83.8. The average molecular weight is 1280 g/mol. The number of carbonyl (C=O) groups is 4. The van der Waals surface area contributed by atoms with Crippen LogP contribution in [0.2, 0.25) is 0 Å². The molecule has 0 aliphatic heterocycles. The average Bonchev–Trinajstić information content (AvgIpc) is 3.19. The Kier molecular flexibility index (Phi) is 54.7. The molecule has 1 fully saturated rings. The molecule has 6 N–H and O–H groups in total. The summed E-state index contributed by atoms with van der Waals surface area (Å²) < 4.78 is 50.1. The maximum atomic E-state index is 14.6. The molecule has 1 aliphatic carbocycles. The summed E-state index contributed by atoms with van der Waals surface area (Å²) in [7, 11) is -5.34. The molecule has 0 heterocycles. The molecule has 1 rings (SSSR count). The van der Waals surface area contributed by atoms with E-state index >= 15 is 0 Å². The first-order valence-corrected chi connectivity index (χ1v) is 38.0. The van der Waals surface area contributed by atoms with Crippen LogP contribution in [0.25, 0.3) is 0 Å². The lowest BCUT2D eigenvalue weighted by Crippen LogP contribution is -2.64. The van der Waals surface area contributed by atoms with Gasteiger partial charge in [0.1, 0.15) is 6.10 Å². The van der Waals surface area contributed by atoms with Gasteiger partial charge in [0.15, 0.2) is 12.1 Å². The van der Waals surface area contributed by atoms with Gasteiger partial charge in [-0.2, -0.15) is 0 Å². The van der Waals surface area contributed by atoms with Crippen molar-refractivity contribution in [3.05, 3.63) is 0 Å². The van der Waals surface area contributed by atoms with Crippen LogP contribution < -0.4 is 10.6 Å². The summed E-state index contributed by atoms with van der Waals surface area (Å²) in [5, 5.41) is 27.3. The Morgan fingerprint density at radius 2 is 0.807 bits per heavy atom. The molecule has 2 unspecified atom stereocenters. The van der Waals surface area contributed by atoms with Gasteiger partial charge in [-0.1, -0.05) is 273 Å². The van der Waals surface area contributed by atoms with Crippen molar-refractivity contribution in [1.82, 2.24) is 10.6 Å². The summed E-state index contributed by atoms with van der Waals surface area (Å²) >= 11 is 0. The van der Waals surface area contributed by atoms with Gasteiger partial charge in [0, 0.05) is 32.3 Å². The quantitative estimate of drug-likeness (QED) is 0.0188. The van der Waals surface area contributed by atoms with Crippen molar-refractivity contribution in [2.45, 2.75) is 386 Å². The minimum Gasteiger partial charge on any atom is -0.480 e. The number of rotatable bonds is 64. The van der Waals surface area contributed by atoms with E-state index in [1.807, 2.05) is 0 Å². The van der Waals surface area contributed by atoms with Crippen molar-refractivity contribution in [3.8, 4) is 0 Å². The second-order valence-corrected chi connectivity index (χ2v) is 26.9. The number of unbranched alkanes of at least 4 members (excludes halogenated alkanes) is 33. The molecular weight excluding hydrogens is 1140 g/mol. The summed E-state index contributed by atoms with van der Waals surface area (Å²) in [6, 6.07) is -2.91. The summed E-state index contributed by atoms with van der Waals surface area (Å²) in [4.78, 5) is 76.9. The second-order valence-electron chi connectivity index (χ2n) is 25.7. The minimum atomic E-state index is -5.34. The molecule has 0 saturated heterocycles. The topological polar surface area (TPSA) is 246 Å². The molecule has 1 saturated carbocycles. The van der Waals surface area contributed by atoms with E-state index in [1.54, 1.807) is 0 Å². The van der Waals surface area contributed by atoms with E-state index < -0.39 is 99.4 Å². The molecule has 0 bridgehead atoms. The lowest BCUT2D eigenvalue weighted by Gasteiger charge is -2.45. The summed E-state index contributed by atoms with van der Waals surface area (Å²) in [6.45, 7) is 13.2. The Bertz CT molecular complexity index is 1710. The number of hydrogen-bond acceptors (Lipinski definition) is 12. The third kappa shape index (κ3) is 46.0. The number of aliphatic carboxylic acids is 1. The van der Waals surface area contributed by atoms with E-state index in [-0.39, 0.29) is 25.7 Å². The SMILES string of the molecule is CCCCCCCCCCC[C@H](CC(=O)NC1[C@@H](OC(=O)C[C@@H](CCCCCCCCCCC)OCCCCCC)[C@H](OP(=O)(O)O)C(CO)C[C@H]1OC[C@H](NC(=O)C[C@@H](CCCCCCCCCCC)OCCCCCC)C(=O)O)OCCCCCC. The molecule has 2 amide bonds. The Labute approximate surface area is 536 Å². The number of aliphatic hydroxyl groups excluding tert-OH is 1. The zero-order valence-electron chi connectivity index (χ0n) is 57.0. The predicted octanol–water partition coefficient (Wildman–Crippen LogP) is 16.7. The molecule has 1 aliphatic rings. The third-order valence-corrected chi connectivity index (χ3v) is 18.0. The number of hydrogen-bond donors (Lipinski definition) is 6.